The van der Waals surface area contributed by atoms with Crippen molar-refractivity contribution in [3.63, 3.8) is 0 Å². The highest BCUT2D eigenvalue weighted by molar-refractivity contribution is 5.52. The van der Waals surface area contributed by atoms with E-state index in [1.165, 1.54) is 0 Å². The highest BCUT2D eigenvalue weighted by Gasteiger charge is 2.07. The number of nitrogens with zero attached hydrogens (tertiary/aromatic N) is 3. The molecule has 0 unspecified atom stereocenters. The smallest absolute Gasteiger partial charge is 0.227 e. The van der Waals surface area contributed by atoms with E-state index in [9.17, 15) is 0 Å². The number of rotatable bonds is 6. The first-order valence-corrected chi connectivity index (χ1v) is 6.22. The van der Waals surface area contributed by atoms with Crippen LogP contribution in [0.5, 0.6) is 0 Å². The van der Waals surface area contributed by atoms with E-state index in [1.807, 2.05) is 12.1 Å². The van der Waals surface area contributed by atoms with Crippen LogP contribution in [0, 0.1) is 0 Å². The van der Waals surface area contributed by atoms with Gasteiger partial charge in [-0.05, 0) is 25.1 Å². The second-order valence-electron chi connectivity index (χ2n) is 4.46. The molecule has 5 heteroatoms. The van der Waals surface area contributed by atoms with E-state index < -0.39 is 0 Å². The predicted molar refractivity (Wildman–Crippen MR) is 69.0 cm³/mol. The quantitative estimate of drug-likeness (QED) is 0.790. The molecule has 2 rings (SSSR count). The van der Waals surface area contributed by atoms with Crippen molar-refractivity contribution in [2.24, 2.45) is 0 Å². The molecule has 0 fully saturated rings. The van der Waals surface area contributed by atoms with Crippen molar-refractivity contribution in [1.82, 2.24) is 20.4 Å². The molecule has 0 atom stereocenters. The topological polar surface area (TPSA) is 63.8 Å². The monoisotopic (exact) mass is 246 g/mol. The maximum absolute atomic E-state index is 5.22. The minimum Gasteiger partial charge on any atom is -0.339 e. The zero-order valence-corrected chi connectivity index (χ0v) is 10.8. The molecule has 2 aromatic rings. The van der Waals surface area contributed by atoms with Crippen molar-refractivity contribution in [3.05, 3.63) is 30.4 Å². The van der Waals surface area contributed by atoms with Crippen LogP contribution in [0.25, 0.3) is 11.4 Å². The Bertz CT molecular complexity index is 467. The Morgan fingerprint density at radius 1 is 1.28 bits per heavy atom. The number of nitrogens with one attached hydrogen (secondary N) is 1. The summed E-state index contributed by atoms with van der Waals surface area (Å²) in [5.74, 6) is 1.32. The summed E-state index contributed by atoms with van der Waals surface area (Å²) in [7, 11) is 0. The second-order valence-corrected chi connectivity index (χ2v) is 4.46. The number of hydrogen-bond acceptors (Lipinski definition) is 5. The number of aryl methyl sites for hydroxylation is 1. The van der Waals surface area contributed by atoms with E-state index in [-0.39, 0.29) is 0 Å². The summed E-state index contributed by atoms with van der Waals surface area (Å²) in [5, 5.41) is 7.32. The molecule has 1 N–H and O–H groups in total. The minimum atomic E-state index is 0.514. The van der Waals surface area contributed by atoms with Gasteiger partial charge in [-0.1, -0.05) is 19.0 Å². The maximum Gasteiger partial charge on any atom is 0.227 e. The van der Waals surface area contributed by atoms with Crippen molar-refractivity contribution in [1.29, 1.82) is 0 Å². The van der Waals surface area contributed by atoms with Gasteiger partial charge in [0.15, 0.2) is 0 Å². The van der Waals surface area contributed by atoms with Crippen molar-refractivity contribution in [2.45, 2.75) is 32.7 Å². The molecule has 2 aromatic heterocycles. The van der Waals surface area contributed by atoms with Gasteiger partial charge in [0.25, 0.3) is 0 Å². The Labute approximate surface area is 107 Å². The molecule has 0 aliphatic rings. The lowest BCUT2D eigenvalue weighted by atomic mass is 10.2. The molecule has 0 amide bonds. The van der Waals surface area contributed by atoms with Gasteiger partial charge in [-0.15, -0.1) is 0 Å². The van der Waals surface area contributed by atoms with Crippen molar-refractivity contribution in [2.75, 3.05) is 6.54 Å². The molecular formula is C13H18N4O. The second kappa shape index (κ2) is 6.26. The van der Waals surface area contributed by atoms with Crippen molar-refractivity contribution in [3.8, 4) is 11.4 Å². The summed E-state index contributed by atoms with van der Waals surface area (Å²) in [6.07, 6.45) is 5.24. The van der Waals surface area contributed by atoms with Crippen LogP contribution in [0.15, 0.2) is 29.0 Å². The fourth-order valence-corrected chi connectivity index (χ4v) is 1.61. The molecule has 18 heavy (non-hydrogen) atoms. The Kier molecular flexibility index (Phi) is 4.41. The predicted octanol–water partition coefficient (Wildman–Crippen LogP) is 2.06. The van der Waals surface area contributed by atoms with Crippen LogP contribution < -0.4 is 5.32 Å². The standard InChI is InChI=1S/C13H18N4O/c1-10(2)15-7-3-4-12-16-13(17-18-12)11-5-8-14-9-6-11/h5-6,8-10,15H,3-4,7H2,1-2H3. The summed E-state index contributed by atoms with van der Waals surface area (Å²) < 4.78 is 5.22. The van der Waals surface area contributed by atoms with Gasteiger partial charge in [0, 0.05) is 30.4 Å². The molecule has 0 saturated carbocycles. The first-order chi connectivity index (χ1) is 8.75. The maximum atomic E-state index is 5.22. The van der Waals surface area contributed by atoms with Crippen LogP contribution in [0.3, 0.4) is 0 Å². The summed E-state index contributed by atoms with van der Waals surface area (Å²) in [4.78, 5) is 8.32. The van der Waals surface area contributed by atoms with Crippen molar-refractivity contribution < 1.29 is 4.52 Å². The van der Waals surface area contributed by atoms with E-state index in [0.29, 0.717) is 17.8 Å². The summed E-state index contributed by atoms with van der Waals surface area (Å²) in [6, 6.07) is 4.25. The molecule has 0 spiro atoms. The zero-order valence-electron chi connectivity index (χ0n) is 10.8. The molecule has 5 nitrogen and oxygen atoms in total. The third-order valence-corrected chi connectivity index (χ3v) is 2.53. The largest absolute Gasteiger partial charge is 0.339 e. The van der Waals surface area contributed by atoms with Gasteiger partial charge in [0.2, 0.25) is 11.7 Å². The Morgan fingerprint density at radius 3 is 2.78 bits per heavy atom. The van der Waals surface area contributed by atoms with Crippen LogP contribution in [0.1, 0.15) is 26.2 Å². The van der Waals surface area contributed by atoms with Gasteiger partial charge in [-0.25, -0.2) is 0 Å². The van der Waals surface area contributed by atoms with Crippen LogP contribution in [0.2, 0.25) is 0 Å². The van der Waals surface area contributed by atoms with Crippen LogP contribution in [-0.4, -0.2) is 27.7 Å². The van der Waals surface area contributed by atoms with E-state index in [0.717, 1.165) is 24.9 Å². The van der Waals surface area contributed by atoms with Gasteiger partial charge >= 0.3 is 0 Å². The third kappa shape index (κ3) is 3.63. The molecular weight excluding hydrogens is 228 g/mol. The number of aromatic nitrogens is 3. The van der Waals surface area contributed by atoms with E-state index in [1.54, 1.807) is 12.4 Å². The highest BCUT2D eigenvalue weighted by atomic mass is 16.5. The number of pyridine rings is 1. The molecule has 0 radical (unpaired) electrons. The van der Waals surface area contributed by atoms with Crippen molar-refractivity contribution >= 4 is 0 Å². The fourth-order valence-electron chi connectivity index (χ4n) is 1.61. The van der Waals surface area contributed by atoms with E-state index in [2.05, 4.69) is 34.3 Å². The molecule has 0 aliphatic heterocycles. The zero-order chi connectivity index (χ0) is 12.8. The minimum absolute atomic E-state index is 0.514. The summed E-state index contributed by atoms with van der Waals surface area (Å²) in [6.45, 7) is 5.23. The first-order valence-electron chi connectivity index (χ1n) is 6.22. The average Bonchev–Trinajstić information content (AvgIpc) is 2.84. The Morgan fingerprint density at radius 2 is 2.06 bits per heavy atom. The van der Waals surface area contributed by atoms with E-state index >= 15 is 0 Å². The molecule has 2 heterocycles. The average molecular weight is 246 g/mol. The van der Waals surface area contributed by atoms with Crippen LogP contribution in [0.4, 0.5) is 0 Å². The molecule has 0 aliphatic carbocycles. The molecule has 0 aromatic carbocycles. The number of hydrogen-bond donors (Lipinski definition) is 1. The lowest BCUT2D eigenvalue weighted by Gasteiger charge is -2.05. The molecule has 0 bridgehead atoms. The van der Waals surface area contributed by atoms with Gasteiger partial charge in [-0.3, -0.25) is 4.98 Å². The Balaban J connectivity index is 1.87. The van der Waals surface area contributed by atoms with E-state index in [4.69, 9.17) is 4.52 Å². The van der Waals surface area contributed by atoms with Crippen LogP contribution in [-0.2, 0) is 6.42 Å². The normalized spacial score (nSPS) is 11.1. The SMILES string of the molecule is CC(C)NCCCc1nc(-c2ccncc2)no1. The Hall–Kier alpha value is -1.75. The lowest BCUT2D eigenvalue weighted by Crippen LogP contribution is -2.23. The van der Waals surface area contributed by atoms with Gasteiger partial charge in [0.1, 0.15) is 0 Å². The molecule has 96 valence electrons. The summed E-state index contributed by atoms with van der Waals surface area (Å²) in [5.41, 5.74) is 0.931. The summed E-state index contributed by atoms with van der Waals surface area (Å²) >= 11 is 0. The van der Waals surface area contributed by atoms with Gasteiger partial charge in [-0.2, -0.15) is 4.98 Å². The highest BCUT2D eigenvalue weighted by Crippen LogP contribution is 2.14. The van der Waals surface area contributed by atoms with Gasteiger partial charge in [0.05, 0.1) is 0 Å². The van der Waals surface area contributed by atoms with Crippen LogP contribution >= 0.6 is 0 Å². The fraction of sp³-hybridized carbons (Fsp3) is 0.462. The molecule has 0 saturated heterocycles. The first kappa shape index (κ1) is 12.7. The van der Waals surface area contributed by atoms with Gasteiger partial charge < -0.3 is 9.84 Å². The lowest BCUT2D eigenvalue weighted by molar-refractivity contribution is 0.374. The third-order valence-electron chi connectivity index (χ3n) is 2.53.